The zero-order valence-corrected chi connectivity index (χ0v) is 16.9. The average molecular weight is 450 g/mol. The van der Waals surface area contributed by atoms with Gasteiger partial charge in [0.1, 0.15) is 0 Å². The Morgan fingerprint density at radius 2 is 2.12 bits per heavy atom. The van der Waals surface area contributed by atoms with Crippen LogP contribution in [0.3, 0.4) is 0 Å². The van der Waals surface area contributed by atoms with Gasteiger partial charge in [0, 0.05) is 26.3 Å². The fraction of sp³-hybridized carbons (Fsp3) is 0.167. The number of aromatic nitrogens is 3. The molecule has 1 aromatic heterocycles. The molecule has 0 aliphatic carbocycles. The van der Waals surface area contributed by atoms with Crippen LogP contribution < -0.4 is 10.1 Å². The molecule has 1 atom stereocenters. The third-order valence-electron chi connectivity index (χ3n) is 3.81. The Morgan fingerprint density at radius 3 is 2.92 bits per heavy atom. The molecule has 3 aromatic rings. The SMILES string of the molecule is CCSc1nnc2c(n1)O[C@@H](c1cccc(Cl)c1)Nc1ccc(Br)cc1-2. The van der Waals surface area contributed by atoms with Crippen LogP contribution in [0, 0.1) is 0 Å². The number of ether oxygens (including phenoxy) is 1. The Kier molecular flexibility index (Phi) is 5.02. The van der Waals surface area contributed by atoms with Crippen molar-refractivity contribution in [1.29, 1.82) is 0 Å². The van der Waals surface area contributed by atoms with Crippen molar-refractivity contribution in [1.82, 2.24) is 15.2 Å². The van der Waals surface area contributed by atoms with E-state index in [1.807, 2.05) is 49.4 Å². The van der Waals surface area contributed by atoms with Gasteiger partial charge < -0.3 is 10.1 Å². The average Bonchev–Trinajstić information content (AvgIpc) is 2.78. The first-order valence-corrected chi connectivity index (χ1v) is 10.2. The van der Waals surface area contributed by atoms with Gasteiger partial charge in [-0.25, -0.2) is 0 Å². The van der Waals surface area contributed by atoms with E-state index < -0.39 is 6.23 Å². The fourth-order valence-electron chi connectivity index (χ4n) is 2.68. The maximum Gasteiger partial charge on any atom is 0.247 e. The summed E-state index contributed by atoms with van der Waals surface area (Å²) < 4.78 is 7.14. The smallest absolute Gasteiger partial charge is 0.247 e. The summed E-state index contributed by atoms with van der Waals surface area (Å²) in [6.07, 6.45) is -0.439. The lowest BCUT2D eigenvalue weighted by Gasteiger charge is -2.19. The van der Waals surface area contributed by atoms with Crippen LogP contribution in [0.25, 0.3) is 11.3 Å². The van der Waals surface area contributed by atoms with Gasteiger partial charge in [-0.1, -0.05) is 58.3 Å². The van der Waals surface area contributed by atoms with Crippen LogP contribution in [-0.4, -0.2) is 20.9 Å². The van der Waals surface area contributed by atoms with Gasteiger partial charge in [-0.2, -0.15) is 4.98 Å². The van der Waals surface area contributed by atoms with Crippen LogP contribution in [-0.2, 0) is 0 Å². The molecule has 4 rings (SSSR count). The Balaban J connectivity index is 1.86. The highest BCUT2D eigenvalue weighted by atomic mass is 79.9. The van der Waals surface area contributed by atoms with Crippen molar-refractivity contribution in [3.05, 3.63) is 57.5 Å². The number of thioether (sulfide) groups is 1. The second kappa shape index (κ2) is 7.42. The lowest BCUT2D eigenvalue weighted by molar-refractivity contribution is 0.225. The van der Waals surface area contributed by atoms with E-state index in [2.05, 4.69) is 36.4 Å². The molecule has 0 amide bonds. The quantitative estimate of drug-likeness (QED) is 0.528. The van der Waals surface area contributed by atoms with E-state index in [1.54, 1.807) is 0 Å². The second-order valence-electron chi connectivity index (χ2n) is 5.57. The molecule has 0 unspecified atom stereocenters. The molecule has 0 fully saturated rings. The fourth-order valence-corrected chi connectivity index (χ4v) is 3.74. The number of anilines is 1. The van der Waals surface area contributed by atoms with Crippen molar-refractivity contribution >= 4 is 45.0 Å². The van der Waals surface area contributed by atoms with Crippen molar-refractivity contribution in [3.63, 3.8) is 0 Å². The minimum absolute atomic E-state index is 0.439. The lowest BCUT2D eigenvalue weighted by atomic mass is 10.1. The second-order valence-corrected chi connectivity index (χ2v) is 8.15. The first kappa shape index (κ1) is 17.6. The van der Waals surface area contributed by atoms with Crippen LogP contribution in [0.15, 0.2) is 52.1 Å². The van der Waals surface area contributed by atoms with E-state index >= 15 is 0 Å². The number of hydrogen-bond donors (Lipinski definition) is 1. The summed E-state index contributed by atoms with van der Waals surface area (Å²) in [7, 11) is 0. The molecule has 2 heterocycles. The number of fused-ring (bicyclic) bond motifs is 3. The first-order chi connectivity index (χ1) is 12.6. The third kappa shape index (κ3) is 3.51. The molecule has 2 aromatic carbocycles. The summed E-state index contributed by atoms with van der Waals surface area (Å²) >= 11 is 11.2. The van der Waals surface area contributed by atoms with E-state index in [0.717, 1.165) is 27.0 Å². The van der Waals surface area contributed by atoms with Crippen LogP contribution in [0.4, 0.5) is 5.69 Å². The largest absolute Gasteiger partial charge is 0.448 e. The highest BCUT2D eigenvalue weighted by molar-refractivity contribution is 9.10. The number of nitrogens with zero attached hydrogens (tertiary/aromatic N) is 3. The molecule has 0 bridgehead atoms. The number of rotatable bonds is 3. The van der Waals surface area contributed by atoms with E-state index in [0.29, 0.717) is 21.8 Å². The topological polar surface area (TPSA) is 59.9 Å². The molecular weight excluding hydrogens is 436 g/mol. The van der Waals surface area contributed by atoms with Gasteiger partial charge in [0.2, 0.25) is 11.0 Å². The Labute approximate surface area is 168 Å². The summed E-state index contributed by atoms with van der Waals surface area (Å²) in [5.74, 6) is 1.31. The van der Waals surface area contributed by atoms with Crippen LogP contribution in [0.2, 0.25) is 5.02 Å². The molecule has 0 spiro atoms. The normalized spacial score (nSPS) is 15.3. The van der Waals surface area contributed by atoms with E-state index in [1.165, 1.54) is 11.8 Å². The Morgan fingerprint density at radius 1 is 1.23 bits per heavy atom. The summed E-state index contributed by atoms with van der Waals surface area (Å²) in [4.78, 5) is 4.57. The molecule has 1 aliphatic rings. The molecule has 1 aliphatic heterocycles. The highest BCUT2D eigenvalue weighted by Gasteiger charge is 2.26. The third-order valence-corrected chi connectivity index (χ3v) is 5.26. The maximum atomic E-state index is 6.20. The summed E-state index contributed by atoms with van der Waals surface area (Å²) in [6.45, 7) is 2.04. The minimum atomic E-state index is -0.439. The molecule has 26 heavy (non-hydrogen) atoms. The van der Waals surface area contributed by atoms with Crippen molar-refractivity contribution in [3.8, 4) is 17.1 Å². The van der Waals surface area contributed by atoms with Crippen molar-refractivity contribution in [2.75, 3.05) is 11.1 Å². The van der Waals surface area contributed by atoms with Gasteiger partial charge in [0.25, 0.3) is 0 Å². The van der Waals surface area contributed by atoms with Gasteiger partial charge in [-0.05, 0) is 36.1 Å². The molecular formula is C18H14BrClN4OS. The van der Waals surface area contributed by atoms with Crippen LogP contribution in [0.1, 0.15) is 18.7 Å². The predicted molar refractivity (Wildman–Crippen MR) is 108 cm³/mol. The molecule has 1 N–H and O–H groups in total. The maximum absolute atomic E-state index is 6.20. The molecule has 0 saturated carbocycles. The van der Waals surface area contributed by atoms with E-state index in [-0.39, 0.29) is 0 Å². The summed E-state index contributed by atoms with van der Waals surface area (Å²) in [5.41, 5.74) is 3.29. The van der Waals surface area contributed by atoms with Gasteiger partial charge in [-0.15, -0.1) is 10.2 Å². The monoisotopic (exact) mass is 448 g/mol. The van der Waals surface area contributed by atoms with Gasteiger partial charge in [0.05, 0.1) is 0 Å². The zero-order chi connectivity index (χ0) is 18.1. The number of halogens is 2. The van der Waals surface area contributed by atoms with Crippen LogP contribution >= 0.6 is 39.3 Å². The van der Waals surface area contributed by atoms with Crippen LogP contribution in [0.5, 0.6) is 5.88 Å². The van der Waals surface area contributed by atoms with Gasteiger partial charge in [-0.3, -0.25) is 0 Å². The van der Waals surface area contributed by atoms with E-state index in [9.17, 15) is 0 Å². The number of benzene rings is 2. The van der Waals surface area contributed by atoms with Crippen molar-refractivity contribution < 1.29 is 4.74 Å². The summed E-state index contributed by atoms with van der Waals surface area (Å²) in [5, 5.41) is 13.3. The van der Waals surface area contributed by atoms with Gasteiger partial charge >= 0.3 is 0 Å². The summed E-state index contributed by atoms with van der Waals surface area (Å²) in [6, 6.07) is 13.5. The molecule has 5 nitrogen and oxygen atoms in total. The van der Waals surface area contributed by atoms with Gasteiger partial charge in [0.15, 0.2) is 11.9 Å². The molecule has 0 saturated heterocycles. The molecule has 0 radical (unpaired) electrons. The standard InChI is InChI=1S/C18H14BrClN4OS/c1-2-26-18-22-17-15(23-24-18)13-9-11(19)6-7-14(13)21-16(25-17)10-4-3-5-12(20)8-10/h3-9,16,21H,2H2,1H3/t16-/m0/s1. The van der Waals surface area contributed by atoms with E-state index in [4.69, 9.17) is 16.3 Å². The lowest BCUT2D eigenvalue weighted by Crippen LogP contribution is -2.17. The zero-order valence-electron chi connectivity index (χ0n) is 13.7. The minimum Gasteiger partial charge on any atom is -0.448 e. The highest BCUT2D eigenvalue weighted by Crippen LogP contribution is 2.40. The van der Waals surface area contributed by atoms with Crippen molar-refractivity contribution in [2.45, 2.75) is 18.3 Å². The first-order valence-electron chi connectivity index (χ1n) is 8.00. The molecule has 8 heteroatoms. The molecule has 132 valence electrons. The Bertz CT molecular complexity index is 972. The number of nitrogens with one attached hydrogen (secondary N) is 1. The number of hydrogen-bond acceptors (Lipinski definition) is 6. The Hall–Kier alpha value is -1.83. The van der Waals surface area contributed by atoms with Crippen molar-refractivity contribution in [2.24, 2.45) is 0 Å². The predicted octanol–water partition coefficient (Wildman–Crippen LogP) is 5.57.